The molecule has 7 nitrogen and oxygen atoms in total. The molecule has 0 aliphatic carbocycles. The van der Waals surface area contributed by atoms with Crippen molar-refractivity contribution in [3.05, 3.63) is 60.4 Å². The number of nitrogens with one attached hydrogen (secondary N) is 1. The summed E-state index contributed by atoms with van der Waals surface area (Å²) in [6, 6.07) is 16.6. The average Bonchev–Trinajstić information content (AvgIpc) is 2.95. The van der Waals surface area contributed by atoms with E-state index in [9.17, 15) is 4.79 Å². The number of aromatic nitrogens is 4. The maximum Gasteiger partial charge on any atom is 0.232 e. The van der Waals surface area contributed by atoms with Crippen LogP contribution in [-0.4, -0.2) is 26.1 Å². The Morgan fingerprint density at radius 2 is 1.87 bits per heavy atom. The van der Waals surface area contributed by atoms with Crippen LogP contribution in [0.1, 0.15) is 5.82 Å². The Bertz CT molecular complexity index is 801. The summed E-state index contributed by atoms with van der Waals surface area (Å²) in [5.41, 5.74) is 0.594. The molecule has 0 unspecified atom stereocenters. The fourth-order valence-electron chi connectivity index (χ4n) is 2.01. The Kier molecular flexibility index (Phi) is 4.28. The van der Waals surface area contributed by atoms with E-state index >= 15 is 0 Å². The third kappa shape index (κ3) is 3.70. The topological polar surface area (TPSA) is 81.9 Å². The standard InChI is InChI=1S/C16H15N5O2/c1-21-15(18-19-20-21)11-16(22)17-13-9-5-6-10-14(13)23-12-7-3-2-4-8-12/h2-10H,11H2,1H3,(H,17,22). The highest BCUT2D eigenvalue weighted by Crippen LogP contribution is 2.29. The van der Waals surface area contributed by atoms with E-state index < -0.39 is 0 Å². The normalized spacial score (nSPS) is 10.3. The zero-order valence-corrected chi connectivity index (χ0v) is 12.5. The number of carbonyl (C=O) groups is 1. The number of hydrogen-bond acceptors (Lipinski definition) is 5. The van der Waals surface area contributed by atoms with Gasteiger partial charge in [-0.25, -0.2) is 4.68 Å². The van der Waals surface area contributed by atoms with Gasteiger partial charge in [0.25, 0.3) is 0 Å². The van der Waals surface area contributed by atoms with Crippen molar-refractivity contribution < 1.29 is 9.53 Å². The number of anilines is 1. The molecule has 0 spiro atoms. The molecule has 0 aliphatic rings. The fraction of sp³-hybridized carbons (Fsp3) is 0.125. The number of nitrogens with zero attached hydrogens (tertiary/aromatic N) is 4. The lowest BCUT2D eigenvalue weighted by atomic mass is 10.2. The molecule has 2 aromatic carbocycles. The Morgan fingerprint density at radius 1 is 1.13 bits per heavy atom. The maximum atomic E-state index is 12.2. The number of aryl methyl sites for hydroxylation is 1. The highest BCUT2D eigenvalue weighted by molar-refractivity contribution is 5.93. The molecule has 23 heavy (non-hydrogen) atoms. The third-order valence-corrected chi connectivity index (χ3v) is 3.16. The highest BCUT2D eigenvalue weighted by Gasteiger charge is 2.12. The van der Waals surface area contributed by atoms with Crippen molar-refractivity contribution in [2.45, 2.75) is 6.42 Å². The number of ether oxygens (including phenoxy) is 1. The van der Waals surface area contributed by atoms with Crippen LogP contribution in [0.3, 0.4) is 0 Å². The van der Waals surface area contributed by atoms with Gasteiger partial charge < -0.3 is 10.1 Å². The van der Waals surface area contributed by atoms with E-state index in [0.29, 0.717) is 23.0 Å². The molecule has 0 fully saturated rings. The van der Waals surface area contributed by atoms with Crippen LogP contribution in [0.15, 0.2) is 54.6 Å². The number of rotatable bonds is 5. The smallest absolute Gasteiger partial charge is 0.232 e. The first-order valence-corrected chi connectivity index (χ1v) is 7.05. The zero-order chi connectivity index (χ0) is 16.1. The zero-order valence-electron chi connectivity index (χ0n) is 12.5. The lowest BCUT2D eigenvalue weighted by Gasteiger charge is -2.12. The molecular weight excluding hydrogens is 294 g/mol. The van der Waals surface area contributed by atoms with Gasteiger partial charge in [-0.15, -0.1) is 5.10 Å². The van der Waals surface area contributed by atoms with Crippen molar-refractivity contribution in [3.63, 3.8) is 0 Å². The largest absolute Gasteiger partial charge is 0.455 e. The summed E-state index contributed by atoms with van der Waals surface area (Å²) >= 11 is 0. The summed E-state index contributed by atoms with van der Waals surface area (Å²) in [5.74, 6) is 1.55. The van der Waals surface area contributed by atoms with E-state index in [-0.39, 0.29) is 12.3 Å². The molecule has 3 aromatic rings. The minimum absolute atomic E-state index is 0.0865. The molecule has 7 heteroatoms. The predicted molar refractivity (Wildman–Crippen MR) is 84.1 cm³/mol. The predicted octanol–water partition coefficient (Wildman–Crippen LogP) is 2.18. The maximum absolute atomic E-state index is 12.2. The number of hydrogen-bond donors (Lipinski definition) is 1. The van der Waals surface area contributed by atoms with Crippen molar-refractivity contribution >= 4 is 11.6 Å². The molecule has 0 bridgehead atoms. The molecule has 1 aromatic heterocycles. The van der Waals surface area contributed by atoms with Crippen LogP contribution in [-0.2, 0) is 18.3 Å². The summed E-state index contributed by atoms with van der Waals surface area (Å²) < 4.78 is 7.27. The minimum atomic E-state index is -0.216. The second kappa shape index (κ2) is 6.69. The Hall–Kier alpha value is -3.22. The van der Waals surface area contributed by atoms with Gasteiger partial charge in [-0.1, -0.05) is 30.3 Å². The Labute approximate surface area is 132 Å². The van der Waals surface area contributed by atoms with E-state index in [4.69, 9.17) is 4.74 Å². The summed E-state index contributed by atoms with van der Waals surface area (Å²) in [4.78, 5) is 12.2. The quantitative estimate of drug-likeness (QED) is 0.781. The molecule has 0 saturated carbocycles. The summed E-state index contributed by atoms with van der Waals surface area (Å²) in [7, 11) is 1.69. The van der Waals surface area contributed by atoms with E-state index in [1.165, 1.54) is 4.68 Å². The van der Waals surface area contributed by atoms with Crippen LogP contribution in [0.25, 0.3) is 0 Å². The number of benzene rings is 2. The number of carbonyl (C=O) groups excluding carboxylic acids is 1. The van der Waals surface area contributed by atoms with E-state index in [0.717, 1.165) is 0 Å². The lowest BCUT2D eigenvalue weighted by molar-refractivity contribution is -0.115. The molecule has 0 aliphatic heterocycles. The SMILES string of the molecule is Cn1nnnc1CC(=O)Nc1ccccc1Oc1ccccc1. The van der Waals surface area contributed by atoms with Crippen LogP contribution in [0.5, 0.6) is 11.5 Å². The molecule has 1 heterocycles. The summed E-state index contributed by atoms with van der Waals surface area (Å²) in [6.07, 6.45) is 0.0865. The molecule has 1 amide bonds. The van der Waals surface area contributed by atoms with Gasteiger partial charge in [0.05, 0.1) is 12.1 Å². The van der Waals surface area contributed by atoms with Gasteiger partial charge in [0.1, 0.15) is 5.75 Å². The average molecular weight is 309 g/mol. The third-order valence-electron chi connectivity index (χ3n) is 3.16. The minimum Gasteiger partial charge on any atom is -0.455 e. The highest BCUT2D eigenvalue weighted by atomic mass is 16.5. The first-order valence-electron chi connectivity index (χ1n) is 7.05. The second-order valence-corrected chi connectivity index (χ2v) is 4.85. The molecule has 0 atom stereocenters. The van der Waals surface area contributed by atoms with E-state index in [2.05, 4.69) is 20.8 Å². The van der Waals surface area contributed by atoms with Crippen molar-refractivity contribution in [2.24, 2.45) is 7.05 Å². The summed E-state index contributed by atoms with van der Waals surface area (Å²) in [6.45, 7) is 0. The first kappa shape index (κ1) is 14.7. The van der Waals surface area contributed by atoms with Crippen LogP contribution in [0.2, 0.25) is 0 Å². The van der Waals surface area contributed by atoms with Gasteiger partial charge in [0.15, 0.2) is 11.6 Å². The van der Waals surface area contributed by atoms with Crippen molar-refractivity contribution in [1.29, 1.82) is 0 Å². The van der Waals surface area contributed by atoms with Gasteiger partial charge in [-0.3, -0.25) is 4.79 Å². The number of para-hydroxylation sites is 3. The van der Waals surface area contributed by atoms with Crippen molar-refractivity contribution in [3.8, 4) is 11.5 Å². The first-order chi connectivity index (χ1) is 11.2. The monoisotopic (exact) mass is 309 g/mol. The molecule has 116 valence electrons. The van der Waals surface area contributed by atoms with Crippen LogP contribution >= 0.6 is 0 Å². The number of amides is 1. The van der Waals surface area contributed by atoms with Gasteiger partial charge in [-0.2, -0.15) is 0 Å². The van der Waals surface area contributed by atoms with Crippen LogP contribution in [0, 0.1) is 0 Å². The van der Waals surface area contributed by atoms with Gasteiger partial charge in [0, 0.05) is 7.05 Å². The molecule has 3 rings (SSSR count). The van der Waals surface area contributed by atoms with E-state index in [1.54, 1.807) is 19.2 Å². The second-order valence-electron chi connectivity index (χ2n) is 4.85. The Balaban J connectivity index is 1.73. The van der Waals surface area contributed by atoms with Crippen LogP contribution < -0.4 is 10.1 Å². The lowest BCUT2D eigenvalue weighted by Crippen LogP contribution is -2.17. The van der Waals surface area contributed by atoms with Crippen LogP contribution in [0.4, 0.5) is 5.69 Å². The Morgan fingerprint density at radius 3 is 2.61 bits per heavy atom. The van der Waals surface area contributed by atoms with Crippen molar-refractivity contribution in [2.75, 3.05) is 5.32 Å². The summed E-state index contributed by atoms with van der Waals surface area (Å²) in [5, 5.41) is 13.8. The molecular formula is C16H15N5O2. The fourth-order valence-corrected chi connectivity index (χ4v) is 2.01. The molecule has 0 saturated heterocycles. The van der Waals surface area contributed by atoms with Gasteiger partial charge in [0.2, 0.25) is 5.91 Å². The molecule has 0 radical (unpaired) electrons. The number of tetrazole rings is 1. The van der Waals surface area contributed by atoms with Crippen molar-refractivity contribution in [1.82, 2.24) is 20.2 Å². The van der Waals surface area contributed by atoms with Gasteiger partial charge in [-0.05, 0) is 34.7 Å². The van der Waals surface area contributed by atoms with E-state index in [1.807, 2.05) is 42.5 Å². The molecule has 1 N–H and O–H groups in total. The van der Waals surface area contributed by atoms with Gasteiger partial charge >= 0.3 is 0 Å².